The first kappa shape index (κ1) is 18.2. The second kappa shape index (κ2) is 7.76. The molecule has 2 aromatic carbocycles. The summed E-state index contributed by atoms with van der Waals surface area (Å²) in [6.45, 7) is 3.76. The minimum Gasteiger partial charge on any atom is -0.454 e. The molecule has 0 saturated carbocycles. The first-order chi connectivity index (χ1) is 12.4. The first-order valence-corrected chi connectivity index (χ1v) is 8.65. The summed E-state index contributed by atoms with van der Waals surface area (Å²) >= 11 is 6.01. The molecule has 6 nitrogen and oxygen atoms in total. The maximum Gasteiger partial charge on any atom is 0.279 e. The molecule has 0 unspecified atom stereocenters. The van der Waals surface area contributed by atoms with E-state index in [1.165, 1.54) is 6.92 Å². The summed E-state index contributed by atoms with van der Waals surface area (Å²) in [5, 5.41) is 5.36. The Balaban J connectivity index is 1.66. The largest absolute Gasteiger partial charge is 0.454 e. The summed E-state index contributed by atoms with van der Waals surface area (Å²) < 4.78 is 10.6. The summed E-state index contributed by atoms with van der Waals surface area (Å²) in [6, 6.07) is 10.8. The molecule has 0 aliphatic carbocycles. The third-order valence-electron chi connectivity index (χ3n) is 4.20. The molecule has 26 heavy (non-hydrogen) atoms. The van der Waals surface area contributed by atoms with Crippen LogP contribution in [-0.4, -0.2) is 25.0 Å². The van der Waals surface area contributed by atoms with Gasteiger partial charge in [0.15, 0.2) is 23.8 Å². The highest BCUT2D eigenvalue weighted by Crippen LogP contribution is 2.37. The number of hydrogen-bond donors (Lipinski definition) is 2. The molecular formula is C19H20ClN2O4+. The maximum atomic E-state index is 12.3. The van der Waals surface area contributed by atoms with E-state index in [0.717, 1.165) is 5.56 Å². The van der Waals surface area contributed by atoms with Crippen molar-refractivity contribution in [3.8, 4) is 11.5 Å². The Morgan fingerprint density at radius 1 is 1.23 bits per heavy atom. The number of nitrogens with one attached hydrogen (secondary N) is 1. The molecule has 0 radical (unpaired) electrons. The highest BCUT2D eigenvalue weighted by molar-refractivity contribution is 6.30. The van der Waals surface area contributed by atoms with Gasteiger partial charge in [0, 0.05) is 22.2 Å². The zero-order valence-electron chi connectivity index (χ0n) is 14.5. The van der Waals surface area contributed by atoms with Crippen LogP contribution < -0.4 is 20.1 Å². The number of halogens is 1. The first-order valence-electron chi connectivity index (χ1n) is 8.27. The van der Waals surface area contributed by atoms with E-state index in [4.69, 9.17) is 21.1 Å². The summed E-state index contributed by atoms with van der Waals surface area (Å²) in [4.78, 5) is 24.2. The van der Waals surface area contributed by atoms with Crippen LogP contribution in [0.2, 0.25) is 5.02 Å². The van der Waals surface area contributed by atoms with Crippen molar-refractivity contribution in [1.82, 2.24) is 0 Å². The molecule has 0 spiro atoms. The molecule has 136 valence electrons. The minimum absolute atomic E-state index is 0.0727. The number of nitrogens with two attached hydrogens (primary N) is 1. The lowest BCUT2D eigenvalue weighted by Crippen LogP contribution is -2.86. The third-order valence-corrected chi connectivity index (χ3v) is 4.43. The van der Waals surface area contributed by atoms with Crippen LogP contribution in [-0.2, 0) is 4.79 Å². The van der Waals surface area contributed by atoms with Gasteiger partial charge in [-0.3, -0.25) is 9.59 Å². The van der Waals surface area contributed by atoms with Crippen molar-refractivity contribution in [3.63, 3.8) is 0 Å². The Kier molecular flexibility index (Phi) is 5.44. The summed E-state index contributed by atoms with van der Waals surface area (Å²) in [5.41, 5.74) is 1.86. The molecule has 1 heterocycles. The van der Waals surface area contributed by atoms with Crippen molar-refractivity contribution in [2.75, 3.05) is 18.7 Å². The van der Waals surface area contributed by atoms with Crippen LogP contribution >= 0.6 is 11.6 Å². The van der Waals surface area contributed by atoms with Gasteiger partial charge in [0.25, 0.3) is 5.91 Å². The molecule has 0 aromatic heterocycles. The monoisotopic (exact) mass is 375 g/mol. The molecule has 0 bridgehead atoms. The summed E-state index contributed by atoms with van der Waals surface area (Å²) in [6.07, 6.45) is 0. The number of ketones is 1. The quantitative estimate of drug-likeness (QED) is 0.760. The van der Waals surface area contributed by atoms with Gasteiger partial charge < -0.3 is 20.1 Å². The molecule has 3 rings (SSSR count). The van der Waals surface area contributed by atoms with Crippen molar-refractivity contribution in [1.29, 1.82) is 0 Å². The number of rotatable bonds is 6. The average Bonchev–Trinajstić information content (AvgIpc) is 3.06. The van der Waals surface area contributed by atoms with Gasteiger partial charge >= 0.3 is 0 Å². The second-order valence-electron chi connectivity index (χ2n) is 6.14. The smallest absolute Gasteiger partial charge is 0.279 e. The number of carbonyl (C=O) groups is 2. The molecule has 2 aromatic rings. The van der Waals surface area contributed by atoms with Crippen LogP contribution in [0, 0.1) is 0 Å². The fourth-order valence-corrected chi connectivity index (χ4v) is 2.95. The number of benzene rings is 2. The number of Topliss-reactive ketones (excluding diaryl/α,β-unsaturated/α-hetero) is 1. The molecule has 7 heteroatoms. The van der Waals surface area contributed by atoms with E-state index < -0.39 is 0 Å². The number of amides is 1. The number of ether oxygens (including phenoxy) is 2. The predicted octanol–water partition coefficient (Wildman–Crippen LogP) is 2.53. The Hall–Kier alpha value is -2.57. The highest BCUT2D eigenvalue weighted by atomic mass is 35.5. The van der Waals surface area contributed by atoms with Crippen molar-refractivity contribution < 1.29 is 24.4 Å². The van der Waals surface area contributed by atoms with Crippen molar-refractivity contribution in [2.24, 2.45) is 0 Å². The predicted molar refractivity (Wildman–Crippen MR) is 97.9 cm³/mol. The SMILES string of the molecule is CC(=O)c1cc2c(cc1NC(=O)C[NH2+][C@@H](C)c1cccc(Cl)c1)OCO2. The van der Waals surface area contributed by atoms with Crippen molar-refractivity contribution >= 4 is 29.0 Å². The van der Waals surface area contributed by atoms with Gasteiger partial charge in [-0.2, -0.15) is 0 Å². The minimum atomic E-state index is -0.208. The van der Waals surface area contributed by atoms with E-state index in [1.807, 2.05) is 36.5 Å². The van der Waals surface area contributed by atoms with Crippen LogP contribution in [0.15, 0.2) is 36.4 Å². The Bertz CT molecular complexity index is 853. The summed E-state index contributed by atoms with van der Waals surface area (Å²) in [5.74, 6) is 0.658. The lowest BCUT2D eigenvalue weighted by Gasteiger charge is -2.13. The van der Waals surface area contributed by atoms with Crippen molar-refractivity contribution in [3.05, 3.63) is 52.5 Å². The van der Waals surface area contributed by atoms with Crippen LogP contribution in [0.25, 0.3) is 0 Å². The van der Waals surface area contributed by atoms with Gasteiger partial charge in [0.1, 0.15) is 6.04 Å². The van der Waals surface area contributed by atoms with Crippen LogP contribution in [0.5, 0.6) is 11.5 Å². The van der Waals surface area contributed by atoms with E-state index >= 15 is 0 Å². The Morgan fingerprint density at radius 3 is 2.65 bits per heavy atom. The van der Waals surface area contributed by atoms with E-state index in [-0.39, 0.29) is 31.1 Å². The molecule has 1 aliphatic heterocycles. The average molecular weight is 376 g/mol. The van der Waals surface area contributed by atoms with Gasteiger partial charge in [-0.25, -0.2) is 0 Å². The molecular weight excluding hydrogens is 356 g/mol. The lowest BCUT2D eigenvalue weighted by molar-refractivity contribution is -0.682. The fourth-order valence-electron chi connectivity index (χ4n) is 2.75. The van der Waals surface area contributed by atoms with Gasteiger partial charge in [-0.05, 0) is 32.0 Å². The number of carbonyl (C=O) groups excluding carboxylic acids is 2. The third kappa shape index (κ3) is 4.15. The summed E-state index contributed by atoms with van der Waals surface area (Å²) in [7, 11) is 0. The number of hydrogen-bond acceptors (Lipinski definition) is 4. The maximum absolute atomic E-state index is 12.3. The van der Waals surface area contributed by atoms with Gasteiger partial charge in [0.05, 0.1) is 5.69 Å². The Labute approximate surface area is 156 Å². The Morgan fingerprint density at radius 2 is 1.96 bits per heavy atom. The van der Waals surface area contributed by atoms with Gasteiger partial charge in [-0.15, -0.1) is 0 Å². The topological polar surface area (TPSA) is 81.2 Å². The van der Waals surface area contributed by atoms with E-state index in [0.29, 0.717) is 27.8 Å². The molecule has 1 aliphatic rings. The fraction of sp³-hybridized carbons (Fsp3) is 0.263. The van der Waals surface area contributed by atoms with Crippen LogP contribution in [0.3, 0.4) is 0 Å². The number of quaternary nitrogens is 1. The number of fused-ring (bicyclic) bond motifs is 1. The van der Waals surface area contributed by atoms with Gasteiger partial charge in [0.2, 0.25) is 6.79 Å². The molecule has 1 amide bonds. The molecule has 0 saturated heterocycles. The molecule has 3 N–H and O–H groups in total. The van der Waals surface area contributed by atoms with E-state index in [2.05, 4.69) is 5.32 Å². The van der Waals surface area contributed by atoms with Crippen LogP contribution in [0.1, 0.15) is 35.8 Å². The standard InChI is InChI=1S/C19H19ClN2O4/c1-11(13-4-3-5-14(20)6-13)21-9-19(24)22-16-8-18-17(25-10-26-18)7-15(16)12(2)23/h3-8,11,21H,9-10H2,1-2H3,(H,22,24)/p+1/t11-/m0/s1. The van der Waals surface area contributed by atoms with E-state index in [9.17, 15) is 9.59 Å². The van der Waals surface area contributed by atoms with E-state index in [1.54, 1.807) is 12.1 Å². The van der Waals surface area contributed by atoms with Crippen molar-refractivity contribution in [2.45, 2.75) is 19.9 Å². The number of anilines is 1. The van der Waals surface area contributed by atoms with Crippen LogP contribution in [0.4, 0.5) is 5.69 Å². The van der Waals surface area contributed by atoms with Gasteiger partial charge in [-0.1, -0.05) is 23.7 Å². The molecule has 1 atom stereocenters. The normalized spacial score (nSPS) is 13.3. The molecule has 0 fully saturated rings. The second-order valence-corrected chi connectivity index (χ2v) is 6.58. The lowest BCUT2D eigenvalue weighted by atomic mass is 10.1. The zero-order valence-corrected chi connectivity index (χ0v) is 15.3. The zero-order chi connectivity index (χ0) is 18.7. The highest BCUT2D eigenvalue weighted by Gasteiger charge is 2.21.